The van der Waals surface area contributed by atoms with Crippen molar-refractivity contribution in [2.24, 2.45) is 0 Å². The first kappa shape index (κ1) is 17.6. The number of rotatable bonds is 9. The molecule has 0 aromatic rings. The van der Waals surface area contributed by atoms with Gasteiger partial charge in [-0.15, -0.1) is 0 Å². The standard InChI is InChI=1S/C10H18F3NO5S/c1-14(20(16,17)10(11,12)13)9(15)4-2-3-5-18-6-8-7-19-8/h8-9,15H,2-7H2,1H3. The predicted octanol–water partition coefficient (Wildman–Crippen LogP) is 0.672. The average molecular weight is 321 g/mol. The summed E-state index contributed by atoms with van der Waals surface area (Å²) in [7, 11) is -4.79. The minimum absolute atomic E-state index is 0.0636. The van der Waals surface area contributed by atoms with E-state index in [1.54, 1.807) is 0 Å². The van der Waals surface area contributed by atoms with Crippen LogP contribution in [0, 0.1) is 0 Å². The predicted molar refractivity (Wildman–Crippen MR) is 63.2 cm³/mol. The van der Waals surface area contributed by atoms with Gasteiger partial charge >= 0.3 is 15.5 Å². The second-order valence-electron chi connectivity index (χ2n) is 4.47. The van der Waals surface area contributed by atoms with E-state index >= 15 is 0 Å². The Bertz CT molecular complexity index is 396. The lowest BCUT2D eigenvalue weighted by Crippen LogP contribution is -2.44. The van der Waals surface area contributed by atoms with Crippen LogP contribution in [0.3, 0.4) is 0 Å². The number of nitrogens with zero attached hydrogens (tertiary/aromatic N) is 1. The SMILES string of the molecule is CN(C(O)CCCCOCC1CO1)S(=O)(=O)C(F)(F)F. The molecule has 0 spiro atoms. The number of epoxide rings is 1. The van der Waals surface area contributed by atoms with Crippen molar-refractivity contribution < 1.29 is 36.2 Å². The Morgan fingerprint density at radius 1 is 1.45 bits per heavy atom. The molecule has 20 heavy (non-hydrogen) atoms. The second-order valence-corrected chi connectivity index (χ2v) is 6.46. The first-order valence-electron chi connectivity index (χ1n) is 6.08. The van der Waals surface area contributed by atoms with Crippen molar-refractivity contribution >= 4 is 10.0 Å². The van der Waals surface area contributed by atoms with E-state index in [0.29, 0.717) is 39.7 Å². The average Bonchev–Trinajstić information content (AvgIpc) is 3.14. The van der Waals surface area contributed by atoms with E-state index < -0.39 is 21.8 Å². The van der Waals surface area contributed by atoms with Crippen LogP contribution < -0.4 is 0 Å². The molecule has 1 N–H and O–H groups in total. The lowest BCUT2D eigenvalue weighted by molar-refractivity contribution is -0.0551. The molecule has 1 aliphatic rings. The Morgan fingerprint density at radius 3 is 2.55 bits per heavy atom. The molecule has 0 amide bonds. The molecule has 0 aliphatic carbocycles. The molecule has 0 aromatic carbocycles. The molecule has 1 fully saturated rings. The number of alkyl halides is 3. The summed E-state index contributed by atoms with van der Waals surface area (Å²) in [5, 5.41) is 9.46. The van der Waals surface area contributed by atoms with Gasteiger partial charge < -0.3 is 14.6 Å². The molecule has 1 aliphatic heterocycles. The fourth-order valence-corrected chi connectivity index (χ4v) is 2.17. The number of aliphatic hydroxyl groups is 1. The molecule has 0 saturated carbocycles. The van der Waals surface area contributed by atoms with Crippen LogP contribution >= 0.6 is 0 Å². The fourth-order valence-electron chi connectivity index (χ4n) is 1.42. The minimum Gasteiger partial charge on any atom is -0.379 e. The Kier molecular flexibility index (Phi) is 6.20. The van der Waals surface area contributed by atoms with Crippen LogP contribution in [0.25, 0.3) is 0 Å². The third-order valence-electron chi connectivity index (χ3n) is 2.80. The third-order valence-corrected chi connectivity index (χ3v) is 4.39. The van der Waals surface area contributed by atoms with Crippen molar-refractivity contribution in [2.75, 3.05) is 26.9 Å². The van der Waals surface area contributed by atoms with Gasteiger partial charge in [-0.25, -0.2) is 8.42 Å². The van der Waals surface area contributed by atoms with Gasteiger partial charge in [0.15, 0.2) is 0 Å². The zero-order valence-electron chi connectivity index (χ0n) is 11.0. The smallest absolute Gasteiger partial charge is 0.379 e. The van der Waals surface area contributed by atoms with Gasteiger partial charge in [-0.1, -0.05) is 0 Å². The van der Waals surface area contributed by atoms with E-state index in [0.717, 1.165) is 0 Å². The van der Waals surface area contributed by atoms with Crippen molar-refractivity contribution in [3.8, 4) is 0 Å². The summed E-state index contributed by atoms with van der Waals surface area (Å²) in [4.78, 5) is 0. The van der Waals surface area contributed by atoms with Crippen molar-refractivity contribution in [3.05, 3.63) is 0 Å². The molecule has 2 atom stereocenters. The lowest BCUT2D eigenvalue weighted by atomic mass is 10.2. The highest BCUT2D eigenvalue weighted by molar-refractivity contribution is 7.89. The van der Waals surface area contributed by atoms with Gasteiger partial charge in [0.1, 0.15) is 12.3 Å². The van der Waals surface area contributed by atoms with Gasteiger partial charge in [0.25, 0.3) is 0 Å². The molecule has 0 aromatic heterocycles. The summed E-state index contributed by atoms with van der Waals surface area (Å²) in [5.74, 6) is 0. The maximum atomic E-state index is 12.2. The maximum absolute atomic E-state index is 12.2. The quantitative estimate of drug-likeness (QED) is 0.384. The Labute approximate surface area is 115 Å². The fraction of sp³-hybridized carbons (Fsp3) is 1.00. The highest BCUT2D eigenvalue weighted by Gasteiger charge is 2.50. The first-order chi connectivity index (χ1) is 9.16. The second kappa shape index (κ2) is 7.03. The topological polar surface area (TPSA) is 79.4 Å². The maximum Gasteiger partial charge on any atom is 0.511 e. The van der Waals surface area contributed by atoms with E-state index in [2.05, 4.69) is 0 Å². The Hall–Kier alpha value is -0.420. The molecular formula is C10H18F3NO5S. The van der Waals surface area contributed by atoms with Crippen molar-refractivity contribution in [1.82, 2.24) is 4.31 Å². The molecule has 2 unspecified atom stereocenters. The van der Waals surface area contributed by atoms with Crippen LogP contribution in [0.2, 0.25) is 0 Å². The summed E-state index contributed by atoms with van der Waals surface area (Å²) in [6.07, 6.45) is -0.777. The molecule has 0 bridgehead atoms. The molecule has 6 nitrogen and oxygen atoms in total. The van der Waals surface area contributed by atoms with E-state index in [1.165, 1.54) is 0 Å². The number of sulfonamides is 1. The summed E-state index contributed by atoms with van der Waals surface area (Å²) >= 11 is 0. The van der Waals surface area contributed by atoms with E-state index in [4.69, 9.17) is 9.47 Å². The molecule has 1 heterocycles. The number of aliphatic hydroxyl groups excluding tert-OH is 1. The highest BCUT2D eigenvalue weighted by Crippen LogP contribution is 2.27. The Morgan fingerprint density at radius 2 is 2.05 bits per heavy atom. The highest BCUT2D eigenvalue weighted by atomic mass is 32.2. The zero-order chi connectivity index (χ0) is 15.4. The van der Waals surface area contributed by atoms with Crippen LogP contribution in [0.1, 0.15) is 19.3 Å². The zero-order valence-corrected chi connectivity index (χ0v) is 11.8. The largest absolute Gasteiger partial charge is 0.511 e. The van der Waals surface area contributed by atoms with E-state index in [-0.39, 0.29) is 16.8 Å². The summed E-state index contributed by atoms with van der Waals surface area (Å²) in [6.45, 7) is 1.55. The molecule has 0 radical (unpaired) electrons. The molecule has 1 saturated heterocycles. The number of unbranched alkanes of at least 4 members (excludes halogenated alkanes) is 1. The third kappa shape index (κ3) is 5.17. The van der Waals surface area contributed by atoms with Gasteiger partial charge in [-0.3, -0.25) is 0 Å². The normalized spacial score (nSPS) is 21.2. The number of halogens is 3. The van der Waals surface area contributed by atoms with Gasteiger partial charge in [-0.2, -0.15) is 17.5 Å². The van der Waals surface area contributed by atoms with Crippen molar-refractivity contribution in [2.45, 2.75) is 37.1 Å². The van der Waals surface area contributed by atoms with E-state index in [9.17, 15) is 26.7 Å². The molecular weight excluding hydrogens is 303 g/mol. The number of hydrogen-bond donors (Lipinski definition) is 1. The van der Waals surface area contributed by atoms with Crippen LogP contribution in [0.15, 0.2) is 0 Å². The van der Waals surface area contributed by atoms with Crippen LogP contribution in [-0.4, -0.2) is 62.5 Å². The number of ether oxygens (including phenoxy) is 2. The first-order valence-corrected chi connectivity index (χ1v) is 7.52. The summed E-state index contributed by atoms with van der Waals surface area (Å²) < 4.78 is 68.8. The van der Waals surface area contributed by atoms with Crippen LogP contribution in [0.5, 0.6) is 0 Å². The molecule has 120 valence electrons. The van der Waals surface area contributed by atoms with Crippen LogP contribution in [-0.2, 0) is 19.5 Å². The lowest BCUT2D eigenvalue weighted by Gasteiger charge is -2.23. The van der Waals surface area contributed by atoms with Crippen molar-refractivity contribution in [3.63, 3.8) is 0 Å². The molecule has 10 heteroatoms. The van der Waals surface area contributed by atoms with E-state index in [1.807, 2.05) is 0 Å². The van der Waals surface area contributed by atoms with Crippen LogP contribution in [0.4, 0.5) is 13.2 Å². The van der Waals surface area contributed by atoms with Crippen molar-refractivity contribution in [1.29, 1.82) is 0 Å². The summed E-state index contributed by atoms with van der Waals surface area (Å²) in [6, 6.07) is 0. The van der Waals surface area contributed by atoms with Gasteiger partial charge in [0.05, 0.1) is 13.2 Å². The minimum atomic E-state index is -5.49. The van der Waals surface area contributed by atoms with Gasteiger partial charge in [0.2, 0.25) is 0 Å². The van der Waals surface area contributed by atoms with Gasteiger partial charge in [0, 0.05) is 13.7 Å². The monoisotopic (exact) mass is 321 g/mol. The number of hydrogen-bond acceptors (Lipinski definition) is 5. The Balaban J connectivity index is 2.21. The summed E-state index contributed by atoms with van der Waals surface area (Å²) in [5.41, 5.74) is -5.41. The molecule has 1 rings (SSSR count). The van der Waals surface area contributed by atoms with Gasteiger partial charge in [-0.05, 0) is 19.3 Å².